The number of carbonyl (C=O) groups excluding carboxylic acids is 2. The topological polar surface area (TPSA) is 124 Å². The molecule has 1 heterocycles. The number of ether oxygens (including phenoxy) is 1. The number of nitrogens with one attached hydrogen (secondary N) is 1. The van der Waals surface area contributed by atoms with Crippen LogP contribution in [-0.4, -0.2) is 38.9 Å². The molecule has 258 valence electrons. The number of aliphatic hydroxyl groups is 2. The van der Waals surface area contributed by atoms with Gasteiger partial charge in [-0.2, -0.15) is 0 Å². The summed E-state index contributed by atoms with van der Waals surface area (Å²) in [5.41, 5.74) is 4.20. The van der Waals surface area contributed by atoms with Gasteiger partial charge >= 0.3 is 29.6 Å². The quantitative estimate of drug-likeness (QED) is 0.152. The van der Waals surface area contributed by atoms with E-state index in [9.17, 15) is 33.7 Å². The van der Waals surface area contributed by atoms with E-state index in [0.717, 1.165) is 5.56 Å². The van der Waals surface area contributed by atoms with E-state index in [1.807, 2.05) is 44.2 Å². The predicted octanol–water partition coefficient (Wildman–Crippen LogP) is 3.78. The van der Waals surface area contributed by atoms with Crippen molar-refractivity contribution < 1.29 is 68.0 Å². The average molecular weight is 703 g/mol. The molecule has 3 N–H and O–H groups in total. The third kappa shape index (κ3) is 10.2. The van der Waals surface area contributed by atoms with Crippen LogP contribution in [0.15, 0.2) is 109 Å². The Morgan fingerprint density at radius 2 is 1.41 bits per heavy atom. The van der Waals surface area contributed by atoms with Crippen molar-refractivity contribution in [3.8, 4) is 28.0 Å². The zero-order valence-corrected chi connectivity index (χ0v) is 30.6. The maximum Gasteiger partial charge on any atom is 1.00 e. The summed E-state index contributed by atoms with van der Waals surface area (Å²) in [6.07, 6.45) is -0.550. The number of aromatic nitrogens is 1. The Hall–Kier alpha value is -4.58. The predicted molar refractivity (Wildman–Crippen MR) is 186 cm³/mol. The molecule has 1 amide bonds. The molecule has 0 bridgehead atoms. The van der Waals surface area contributed by atoms with Gasteiger partial charge in [0.25, 0.3) is 5.91 Å². The number of carboxylic acid groups (broad SMARTS) is 1. The Morgan fingerprint density at radius 3 is 1.96 bits per heavy atom. The van der Waals surface area contributed by atoms with E-state index in [1.54, 1.807) is 59.2 Å². The molecule has 51 heavy (non-hydrogen) atoms. The molecule has 0 fully saturated rings. The van der Waals surface area contributed by atoms with E-state index in [4.69, 9.17) is 4.74 Å². The van der Waals surface area contributed by atoms with Crippen LogP contribution in [0.25, 0.3) is 28.3 Å². The van der Waals surface area contributed by atoms with E-state index >= 15 is 0 Å². The van der Waals surface area contributed by atoms with Crippen molar-refractivity contribution in [3.05, 3.63) is 138 Å². The number of aliphatic hydroxyl groups excluding tert-OH is 2. The molecular weight excluding hydrogens is 665 g/mol. The first kappa shape index (κ1) is 39.2. The fourth-order valence-corrected chi connectivity index (χ4v) is 5.74. The molecule has 0 spiro atoms. The zero-order chi connectivity index (χ0) is 35.8. The Morgan fingerprint density at radius 1 is 0.843 bits per heavy atom. The molecule has 2 atom stereocenters. The number of aliphatic carboxylic acids is 1. The Balaban J connectivity index is 0.00000583. The number of hydrogen-bond acceptors (Lipinski definition) is 6. The summed E-state index contributed by atoms with van der Waals surface area (Å²) in [6.45, 7) is 4.12. The van der Waals surface area contributed by atoms with E-state index in [-0.39, 0.29) is 47.7 Å². The first-order valence-corrected chi connectivity index (χ1v) is 16.1. The van der Waals surface area contributed by atoms with Gasteiger partial charge in [-0.25, -0.2) is 8.78 Å². The van der Waals surface area contributed by atoms with Gasteiger partial charge in [0.05, 0.1) is 12.2 Å². The first-order chi connectivity index (χ1) is 24.0. The van der Waals surface area contributed by atoms with Crippen molar-refractivity contribution in [1.82, 2.24) is 4.57 Å². The van der Waals surface area contributed by atoms with Gasteiger partial charge in [-0.15, -0.1) is 0 Å². The minimum Gasteiger partial charge on any atom is -0.550 e. The number of nitrogens with zero attached hydrogens (tertiary/aromatic N) is 1. The monoisotopic (exact) mass is 702 g/mol. The van der Waals surface area contributed by atoms with E-state index in [1.165, 1.54) is 30.3 Å². The van der Waals surface area contributed by atoms with Crippen LogP contribution in [0.5, 0.6) is 5.75 Å². The van der Waals surface area contributed by atoms with Crippen LogP contribution >= 0.6 is 0 Å². The molecule has 5 rings (SSSR count). The number of anilines is 1. The Bertz CT molecular complexity index is 1940. The fraction of sp³-hybridized carbons (Fsp3) is 0.200. The van der Waals surface area contributed by atoms with Crippen molar-refractivity contribution in [3.63, 3.8) is 0 Å². The molecule has 0 aliphatic carbocycles. The van der Waals surface area contributed by atoms with Crippen molar-refractivity contribution in [1.29, 1.82) is 0 Å². The normalized spacial score (nSPS) is 12.4. The van der Waals surface area contributed by atoms with Crippen LogP contribution in [0.4, 0.5) is 14.5 Å². The number of carbonyl (C=O) groups is 2. The maximum atomic E-state index is 14.4. The maximum absolute atomic E-state index is 14.4. The molecule has 5 aromatic rings. The number of amides is 1. The van der Waals surface area contributed by atoms with Crippen molar-refractivity contribution >= 4 is 23.6 Å². The molecule has 0 unspecified atom stereocenters. The van der Waals surface area contributed by atoms with Gasteiger partial charge in [0.2, 0.25) is 0 Å². The van der Waals surface area contributed by atoms with E-state index < -0.39 is 42.1 Å². The van der Waals surface area contributed by atoms with Crippen LogP contribution in [-0.2, 0) is 11.4 Å². The molecule has 0 aliphatic rings. The second kappa shape index (κ2) is 18.1. The van der Waals surface area contributed by atoms with Crippen molar-refractivity contribution in [2.45, 2.75) is 51.5 Å². The molecule has 1 aromatic heterocycles. The summed E-state index contributed by atoms with van der Waals surface area (Å²) in [4.78, 5) is 25.3. The van der Waals surface area contributed by atoms with Gasteiger partial charge in [0.15, 0.2) is 0 Å². The summed E-state index contributed by atoms with van der Waals surface area (Å²) in [5.74, 6) is -2.26. The third-order valence-electron chi connectivity index (χ3n) is 7.99. The zero-order valence-electron chi connectivity index (χ0n) is 28.6. The van der Waals surface area contributed by atoms with Gasteiger partial charge in [-0.3, -0.25) is 4.79 Å². The molecule has 4 aromatic carbocycles. The summed E-state index contributed by atoms with van der Waals surface area (Å²) in [6, 6.07) is 27.7. The average Bonchev–Trinajstić information content (AvgIpc) is 3.43. The summed E-state index contributed by atoms with van der Waals surface area (Å²) in [5, 5.41) is 34.7. The smallest absolute Gasteiger partial charge is 0.550 e. The molecule has 0 saturated carbocycles. The fourth-order valence-electron chi connectivity index (χ4n) is 5.74. The minimum absolute atomic E-state index is 0. The molecule has 0 saturated heterocycles. The van der Waals surface area contributed by atoms with Gasteiger partial charge in [0, 0.05) is 47.4 Å². The third-order valence-corrected chi connectivity index (χ3v) is 7.99. The van der Waals surface area contributed by atoms with Gasteiger partial charge in [-0.1, -0.05) is 60.7 Å². The minimum atomic E-state index is -1.45. The molecular formula is C40H37F2N2NaO6. The number of carboxylic acids is 1. The standard InChI is InChI=1S/C40H38F2N2O6.Na/c1-25(2)44-35(21-18-32(45)22-33(46)23-36(47)48)37(27-8-12-29(41)13-9-27)38(28-10-14-30(42)15-11-28)39(44)40(49)43-31-16-19-34(20-17-31)50-24-26-6-4-3-5-7-26;/h3-21,25,32-33,45-46H,22-24H2,1-2H3,(H,43,49)(H,47,48);/q;+1/p-1/t32-,33-;/m1./s1. The first-order valence-electron chi connectivity index (χ1n) is 16.1. The Labute approximate surface area is 317 Å². The molecule has 0 radical (unpaired) electrons. The van der Waals surface area contributed by atoms with E-state index in [2.05, 4.69) is 5.32 Å². The van der Waals surface area contributed by atoms with Gasteiger partial charge in [-0.05, 0) is 85.1 Å². The second-order valence-corrected chi connectivity index (χ2v) is 12.1. The molecule has 0 aliphatic heterocycles. The van der Waals surface area contributed by atoms with Crippen LogP contribution in [0.3, 0.4) is 0 Å². The Kier molecular flexibility index (Phi) is 13.9. The SMILES string of the molecule is CC(C)n1c(C=C[C@@H](O)C[C@@H](O)CC(=O)[O-])c(-c2ccc(F)cc2)c(-c2ccc(F)cc2)c1C(=O)Nc1ccc(OCc2ccccc2)cc1.[Na+]. The summed E-state index contributed by atoms with van der Waals surface area (Å²) >= 11 is 0. The number of halogens is 2. The number of benzene rings is 4. The summed E-state index contributed by atoms with van der Waals surface area (Å²) < 4.78 is 36.0. The van der Waals surface area contributed by atoms with Gasteiger partial charge in [0.1, 0.15) is 29.7 Å². The van der Waals surface area contributed by atoms with Crippen LogP contribution in [0.1, 0.15) is 54.5 Å². The van der Waals surface area contributed by atoms with Crippen LogP contribution in [0.2, 0.25) is 0 Å². The van der Waals surface area contributed by atoms with E-state index in [0.29, 0.717) is 46.0 Å². The number of hydrogen-bond donors (Lipinski definition) is 3. The van der Waals surface area contributed by atoms with Gasteiger partial charge < -0.3 is 34.7 Å². The summed E-state index contributed by atoms with van der Waals surface area (Å²) in [7, 11) is 0. The van der Waals surface area contributed by atoms with Crippen LogP contribution < -0.4 is 44.7 Å². The largest absolute Gasteiger partial charge is 1.00 e. The van der Waals surface area contributed by atoms with Crippen molar-refractivity contribution in [2.24, 2.45) is 0 Å². The second-order valence-electron chi connectivity index (χ2n) is 12.1. The van der Waals surface area contributed by atoms with Crippen molar-refractivity contribution in [2.75, 3.05) is 5.32 Å². The molecule has 11 heteroatoms. The van der Waals surface area contributed by atoms with Crippen LogP contribution in [0, 0.1) is 11.6 Å². The number of rotatable bonds is 14. The molecule has 8 nitrogen and oxygen atoms in total.